The maximum absolute atomic E-state index is 11.7. The van der Waals surface area contributed by atoms with E-state index in [2.05, 4.69) is 6.92 Å². The maximum atomic E-state index is 11.7. The van der Waals surface area contributed by atoms with Gasteiger partial charge in [0.25, 0.3) is 0 Å². The number of hydrogen-bond acceptors (Lipinski definition) is 3. The highest BCUT2D eigenvalue weighted by molar-refractivity contribution is 8.00. The third-order valence-electron chi connectivity index (χ3n) is 2.59. The summed E-state index contributed by atoms with van der Waals surface area (Å²) in [5, 5.41) is 8.33. The molecule has 0 fully saturated rings. The van der Waals surface area contributed by atoms with Gasteiger partial charge < -0.3 is 5.11 Å². The highest BCUT2D eigenvalue weighted by Gasteiger charge is 2.12. The number of carbonyl (C=O) groups is 2. The van der Waals surface area contributed by atoms with Crippen LogP contribution in [0.1, 0.15) is 43.5 Å². The third-order valence-corrected chi connectivity index (χ3v) is 3.69. The van der Waals surface area contributed by atoms with Crippen LogP contribution in [-0.2, 0) is 4.79 Å². The van der Waals surface area contributed by atoms with E-state index in [1.165, 1.54) is 11.8 Å². The fraction of sp³-hybridized carbons (Fsp3) is 0.429. The molecule has 0 aromatic heterocycles. The summed E-state index contributed by atoms with van der Waals surface area (Å²) in [4.78, 5) is 23.3. The Bertz CT molecular complexity index is 412. The number of thioether (sulfide) groups is 1. The summed E-state index contributed by atoms with van der Waals surface area (Å²) in [5.41, 5.74) is 0.704. The van der Waals surface area contributed by atoms with E-state index in [1.54, 1.807) is 19.1 Å². The predicted molar refractivity (Wildman–Crippen MR) is 73.3 cm³/mol. The van der Waals surface area contributed by atoms with E-state index in [4.69, 9.17) is 5.11 Å². The van der Waals surface area contributed by atoms with Crippen LogP contribution in [0.15, 0.2) is 29.2 Å². The van der Waals surface area contributed by atoms with E-state index >= 15 is 0 Å². The molecule has 98 valence electrons. The third kappa shape index (κ3) is 4.53. The second-order valence-corrected chi connectivity index (χ2v) is 5.56. The van der Waals surface area contributed by atoms with Crippen molar-refractivity contribution < 1.29 is 14.7 Å². The molecule has 0 amide bonds. The molecule has 0 aliphatic rings. The molecule has 1 unspecified atom stereocenters. The first-order valence-corrected chi connectivity index (χ1v) is 6.95. The van der Waals surface area contributed by atoms with E-state index in [0.29, 0.717) is 12.0 Å². The molecular weight excluding hydrogens is 248 g/mol. The van der Waals surface area contributed by atoms with Gasteiger partial charge in [0.05, 0.1) is 0 Å². The van der Waals surface area contributed by atoms with Crippen LogP contribution < -0.4 is 0 Å². The molecule has 18 heavy (non-hydrogen) atoms. The second kappa shape index (κ2) is 7.21. The fourth-order valence-corrected chi connectivity index (χ4v) is 2.26. The van der Waals surface area contributed by atoms with Crippen molar-refractivity contribution in [2.45, 2.75) is 43.3 Å². The van der Waals surface area contributed by atoms with Gasteiger partial charge in [-0.25, -0.2) is 0 Å². The number of hydrogen-bond donors (Lipinski definition) is 1. The monoisotopic (exact) mass is 266 g/mol. The first-order valence-electron chi connectivity index (χ1n) is 6.07. The molecule has 1 rings (SSSR count). The molecule has 1 aromatic carbocycles. The number of Topliss-reactive ketones (excluding diaryl/α,β-unsaturated/α-hetero) is 1. The van der Waals surface area contributed by atoms with Crippen molar-refractivity contribution in [3.8, 4) is 0 Å². The molecule has 1 atom stereocenters. The average Bonchev–Trinajstić information content (AvgIpc) is 2.36. The smallest absolute Gasteiger partial charge is 0.316 e. The van der Waals surface area contributed by atoms with Crippen LogP contribution >= 0.6 is 11.8 Å². The lowest BCUT2D eigenvalue weighted by Crippen LogP contribution is -2.11. The molecule has 1 N–H and O–H groups in total. The molecule has 0 bridgehead atoms. The zero-order valence-electron chi connectivity index (χ0n) is 10.7. The molecule has 1 aromatic rings. The van der Waals surface area contributed by atoms with Crippen molar-refractivity contribution in [1.82, 2.24) is 0 Å². The summed E-state index contributed by atoms with van der Waals surface area (Å²) in [6.07, 6.45) is 2.50. The minimum Gasteiger partial charge on any atom is -0.480 e. The van der Waals surface area contributed by atoms with E-state index < -0.39 is 11.2 Å². The van der Waals surface area contributed by atoms with Gasteiger partial charge in [-0.1, -0.05) is 25.5 Å². The molecule has 0 saturated heterocycles. The molecule has 0 saturated carbocycles. The lowest BCUT2D eigenvalue weighted by atomic mass is 10.1. The van der Waals surface area contributed by atoms with Crippen LogP contribution in [0.2, 0.25) is 0 Å². The quantitative estimate of drug-likeness (QED) is 0.605. The van der Waals surface area contributed by atoms with Gasteiger partial charge in [-0.15, -0.1) is 11.8 Å². The Morgan fingerprint density at radius 3 is 2.39 bits per heavy atom. The van der Waals surface area contributed by atoms with Crippen LogP contribution in [0.5, 0.6) is 0 Å². The largest absolute Gasteiger partial charge is 0.480 e. The second-order valence-electron chi connectivity index (χ2n) is 4.15. The topological polar surface area (TPSA) is 54.4 Å². The molecular formula is C14H18O3S. The van der Waals surface area contributed by atoms with Gasteiger partial charge in [-0.05, 0) is 25.5 Å². The average molecular weight is 266 g/mol. The van der Waals surface area contributed by atoms with Crippen molar-refractivity contribution in [3.63, 3.8) is 0 Å². The Labute approximate surface area is 112 Å². The van der Waals surface area contributed by atoms with Gasteiger partial charge in [0, 0.05) is 16.9 Å². The molecule has 0 aliphatic carbocycles. The van der Waals surface area contributed by atoms with Gasteiger partial charge in [-0.3, -0.25) is 9.59 Å². The summed E-state index contributed by atoms with van der Waals surface area (Å²) in [7, 11) is 0. The van der Waals surface area contributed by atoms with Crippen molar-refractivity contribution in [1.29, 1.82) is 0 Å². The van der Waals surface area contributed by atoms with Crippen molar-refractivity contribution >= 4 is 23.5 Å². The Kier molecular flexibility index (Phi) is 5.92. The number of aliphatic carboxylic acids is 1. The minimum atomic E-state index is -0.830. The van der Waals surface area contributed by atoms with Gasteiger partial charge in [0.15, 0.2) is 5.78 Å². The standard InChI is InChI=1S/C14H18O3S/c1-3-4-5-13(15)11-6-8-12(9-7-11)18-10(2)14(16)17/h6-10H,3-5H2,1-2H3,(H,16,17). The van der Waals surface area contributed by atoms with Crippen LogP contribution in [-0.4, -0.2) is 22.1 Å². The molecule has 0 spiro atoms. The van der Waals surface area contributed by atoms with Gasteiger partial charge in [-0.2, -0.15) is 0 Å². The molecule has 0 aliphatic heterocycles. The zero-order valence-corrected chi connectivity index (χ0v) is 11.5. The summed E-state index contributed by atoms with van der Waals surface area (Å²) in [5.74, 6) is -0.678. The molecule has 3 nitrogen and oxygen atoms in total. The predicted octanol–water partition coefficient (Wildman–Crippen LogP) is 3.62. The normalized spacial score (nSPS) is 12.1. The van der Waals surface area contributed by atoms with E-state index in [0.717, 1.165) is 17.7 Å². The van der Waals surface area contributed by atoms with Crippen LogP contribution in [0.25, 0.3) is 0 Å². The van der Waals surface area contributed by atoms with Crippen molar-refractivity contribution in [2.75, 3.05) is 0 Å². The fourth-order valence-electron chi connectivity index (χ4n) is 1.46. The van der Waals surface area contributed by atoms with Crippen LogP contribution in [0.3, 0.4) is 0 Å². The lowest BCUT2D eigenvalue weighted by Gasteiger charge is -2.06. The van der Waals surface area contributed by atoms with Gasteiger partial charge in [0.1, 0.15) is 5.25 Å². The van der Waals surface area contributed by atoms with Crippen LogP contribution in [0.4, 0.5) is 0 Å². The molecule has 0 radical (unpaired) electrons. The summed E-state index contributed by atoms with van der Waals surface area (Å²) in [6.45, 7) is 3.70. The number of unbranched alkanes of at least 4 members (excludes halogenated alkanes) is 1. The van der Waals surface area contributed by atoms with Gasteiger partial charge in [0.2, 0.25) is 0 Å². The number of carbonyl (C=O) groups excluding carboxylic acids is 1. The molecule has 0 heterocycles. The highest BCUT2D eigenvalue weighted by Crippen LogP contribution is 2.24. The number of carboxylic acid groups (broad SMARTS) is 1. The van der Waals surface area contributed by atoms with E-state index in [-0.39, 0.29) is 5.78 Å². The van der Waals surface area contributed by atoms with E-state index in [9.17, 15) is 9.59 Å². The van der Waals surface area contributed by atoms with Crippen molar-refractivity contribution in [3.05, 3.63) is 29.8 Å². The first-order chi connectivity index (χ1) is 8.54. The Morgan fingerprint density at radius 1 is 1.28 bits per heavy atom. The summed E-state index contributed by atoms with van der Waals surface area (Å²) in [6, 6.07) is 7.16. The Morgan fingerprint density at radius 2 is 1.89 bits per heavy atom. The first kappa shape index (κ1) is 14.8. The number of benzene rings is 1. The van der Waals surface area contributed by atoms with E-state index in [1.807, 2.05) is 12.1 Å². The maximum Gasteiger partial charge on any atom is 0.316 e. The summed E-state index contributed by atoms with van der Waals surface area (Å²) >= 11 is 1.28. The SMILES string of the molecule is CCCCC(=O)c1ccc(SC(C)C(=O)O)cc1. The Balaban J connectivity index is 2.62. The highest BCUT2D eigenvalue weighted by atomic mass is 32.2. The van der Waals surface area contributed by atoms with Gasteiger partial charge >= 0.3 is 5.97 Å². The number of rotatable bonds is 7. The van der Waals surface area contributed by atoms with Crippen LogP contribution in [0, 0.1) is 0 Å². The summed E-state index contributed by atoms with van der Waals surface area (Å²) < 4.78 is 0. The minimum absolute atomic E-state index is 0.152. The number of carboxylic acids is 1. The number of ketones is 1. The Hall–Kier alpha value is -1.29. The molecule has 4 heteroatoms. The van der Waals surface area contributed by atoms with Crippen molar-refractivity contribution in [2.24, 2.45) is 0 Å². The lowest BCUT2D eigenvalue weighted by molar-refractivity contribution is -0.136. The zero-order chi connectivity index (χ0) is 13.5.